The molecular formula is C16H21N5. The highest BCUT2D eigenvalue weighted by Crippen LogP contribution is 2.23. The van der Waals surface area contributed by atoms with Crippen molar-refractivity contribution in [1.29, 1.82) is 0 Å². The molecule has 0 atom stereocenters. The Morgan fingerprint density at radius 2 is 1.90 bits per heavy atom. The SMILES string of the molecule is CCc1nc(-c2ccncc2)cc(N2CCC(N)CC2)n1. The van der Waals surface area contributed by atoms with Gasteiger partial charge in [-0.1, -0.05) is 6.92 Å². The van der Waals surface area contributed by atoms with E-state index in [-0.39, 0.29) is 0 Å². The molecule has 21 heavy (non-hydrogen) atoms. The third-order valence-corrected chi connectivity index (χ3v) is 3.91. The fraction of sp³-hybridized carbons (Fsp3) is 0.438. The van der Waals surface area contributed by atoms with E-state index in [1.165, 1.54) is 0 Å². The highest BCUT2D eigenvalue weighted by molar-refractivity contribution is 5.62. The first-order valence-electron chi connectivity index (χ1n) is 7.55. The van der Waals surface area contributed by atoms with Gasteiger partial charge in [-0.25, -0.2) is 9.97 Å². The fourth-order valence-electron chi connectivity index (χ4n) is 2.60. The van der Waals surface area contributed by atoms with Crippen LogP contribution in [0.25, 0.3) is 11.3 Å². The lowest BCUT2D eigenvalue weighted by atomic mass is 10.1. The van der Waals surface area contributed by atoms with Crippen LogP contribution in [-0.2, 0) is 6.42 Å². The van der Waals surface area contributed by atoms with Gasteiger partial charge < -0.3 is 10.6 Å². The Morgan fingerprint density at radius 1 is 1.19 bits per heavy atom. The Labute approximate surface area is 125 Å². The molecule has 3 heterocycles. The number of aryl methyl sites for hydroxylation is 1. The smallest absolute Gasteiger partial charge is 0.132 e. The van der Waals surface area contributed by atoms with Crippen LogP contribution in [0.3, 0.4) is 0 Å². The first kappa shape index (κ1) is 13.9. The maximum Gasteiger partial charge on any atom is 0.132 e. The van der Waals surface area contributed by atoms with E-state index in [9.17, 15) is 0 Å². The van der Waals surface area contributed by atoms with Gasteiger partial charge in [0, 0.05) is 49.6 Å². The van der Waals surface area contributed by atoms with Crippen LogP contribution in [-0.4, -0.2) is 34.1 Å². The van der Waals surface area contributed by atoms with Crippen LogP contribution in [0.2, 0.25) is 0 Å². The van der Waals surface area contributed by atoms with Gasteiger partial charge in [-0.05, 0) is 25.0 Å². The Bertz CT molecular complexity index is 591. The first-order valence-corrected chi connectivity index (χ1v) is 7.55. The Hall–Kier alpha value is -2.01. The summed E-state index contributed by atoms with van der Waals surface area (Å²) < 4.78 is 0. The second-order valence-electron chi connectivity index (χ2n) is 5.44. The van der Waals surface area contributed by atoms with Gasteiger partial charge in [0.2, 0.25) is 0 Å². The van der Waals surface area contributed by atoms with Gasteiger partial charge in [-0.3, -0.25) is 4.98 Å². The zero-order chi connectivity index (χ0) is 14.7. The number of aromatic nitrogens is 3. The van der Waals surface area contributed by atoms with Crippen LogP contribution in [0.5, 0.6) is 0 Å². The van der Waals surface area contributed by atoms with Crippen LogP contribution in [0.4, 0.5) is 5.82 Å². The number of hydrogen-bond acceptors (Lipinski definition) is 5. The summed E-state index contributed by atoms with van der Waals surface area (Å²) in [5.74, 6) is 1.90. The molecule has 1 fully saturated rings. The number of nitrogens with two attached hydrogens (primary N) is 1. The topological polar surface area (TPSA) is 67.9 Å². The third-order valence-electron chi connectivity index (χ3n) is 3.91. The highest BCUT2D eigenvalue weighted by atomic mass is 15.2. The van der Waals surface area contributed by atoms with Crippen molar-refractivity contribution in [1.82, 2.24) is 15.0 Å². The molecule has 110 valence electrons. The van der Waals surface area contributed by atoms with Gasteiger partial charge in [-0.15, -0.1) is 0 Å². The van der Waals surface area contributed by atoms with Crippen molar-refractivity contribution >= 4 is 5.82 Å². The van der Waals surface area contributed by atoms with E-state index < -0.39 is 0 Å². The van der Waals surface area contributed by atoms with Crippen molar-refractivity contribution in [2.24, 2.45) is 5.73 Å². The van der Waals surface area contributed by atoms with Gasteiger partial charge >= 0.3 is 0 Å². The van der Waals surface area contributed by atoms with Crippen LogP contribution in [0, 0.1) is 0 Å². The molecule has 0 saturated carbocycles. The van der Waals surface area contributed by atoms with E-state index in [0.717, 1.165) is 55.3 Å². The number of hydrogen-bond donors (Lipinski definition) is 1. The molecule has 3 rings (SSSR count). The van der Waals surface area contributed by atoms with Crippen molar-refractivity contribution in [3.63, 3.8) is 0 Å². The summed E-state index contributed by atoms with van der Waals surface area (Å²) in [5.41, 5.74) is 8.03. The van der Waals surface area contributed by atoms with Gasteiger partial charge in [0.1, 0.15) is 11.6 Å². The number of pyridine rings is 1. The van der Waals surface area contributed by atoms with Crippen LogP contribution in [0.15, 0.2) is 30.6 Å². The zero-order valence-corrected chi connectivity index (χ0v) is 12.4. The maximum absolute atomic E-state index is 5.99. The van der Waals surface area contributed by atoms with Crippen molar-refractivity contribution in [2.75, 3.05) is 18.0 Å². The summed E-state index contributed by atoms with van der Waals surface area (Å²) in [7, 11) is 0. The molecule has 1 aliphatic rings. The maximum atomic E-state index is 5.99. The molecule has 1 aliphatic heterocycles. The summed E-state index contributed by atoms with van der Waals surface area (Å²) in [4.78, 5) is 15.7. The molecule has 5 nitrogen and oxygen atoms in total. The average Bonchev–Trinajstić information content (AvgIpc) is 2.56. The normalized spacial score (nSPS) is 16.2. The molecule has 0 spiro atoms. The quantitative estimate of drug-likeness (QED) is 0.933. The lowest BCUT2D eigenvalue weighted by Crippen LogP contribution is -2.40. The Kier molecular flexibility index (Phi) is 4.10. The molecule has 2 aromatic heterocycles. The van der Waals surface area contributed by atoms with E-state index in [1.54, 1.807) is 12.4 Å². The fourth-order valence-corrected chi connectivity index (χ4v) is 2.60. The van der Waals surface area contributed by atoms with Gasteiger partial charge in [0.25, 0.3) is 0 Å². The number of piperidine rings is 1. The number of anilines is 1. The molecule has 0 aliphatic carbocycles. The first-order chi connectivity index (χ1) is 10.3. The van der Waals surface area contributed by atoms with Crippen molar-refractivity contribution < 1.29 is 0 Å². The Balaban J connectivity index is 1.94. The summed E-state index contributed by atoms with van der Waals surface area (Å²) >= 11 is 0. The van der Waals surface area contributed by atoms with E-state index in [1.807, 2.05) is 12.1 Å². The summed E-state index contributed by atoms with van der Waals surface area (Å²) in [6, 6.07) is 6.37. The molecule has 0 bridgehead atoms. The van der Waals surface area contributed by atoms with E-state index in [4.69, 9.17) is 5.73 Å². The van der Waals surface area contributed by atoms with Crippen molar-refractivity contribution in [2.45, 2.75) is 32.2 Å². The molecule has 1 saturated heterocycles. The van der Waals surface area contributed by atoms with Gasteiger partial charge in [0.15, 0.2) is 0 Å². The summed E-state index contributed by atoms with van der Waals surface area (Å²) in [6.07, 6.45) is 6.47. The van der Waals surface area contributed by atoms with Crippen molar-refractivity contribution in [3.8, 4) is 11.3 Å². The molecular weight excluding hydrogens is 262 g/mol. The van der Waals surface area contributed by atoms with Crippen LogP contribution >= 0.6 is 0 Å². The molecule has 5 heteroatoms. The lowest BCUT2D eigenvalue weighted by molar-refractivity contribution is 0.498. The minimum Gasteiger partial charge on any atom is -0.356 e. The van der Waals surface area contributed by atoms with Crippen molar-refractivity contribution in [3.05, 3.63) is 36.4 Å². The predicted molar refractivity (Wildman–Crippen MR) is 84.1 cm³/mol. The minimum absolute atomic E-state index is 0.327. The van der Waals surface area contributed by atoms with Gasteiger partial charge in [-0.2, -0.15) is 0 Å². The number of nitrogens with zero attached hydrogens (tertiary/aromatic N) is 4. The highest BCUT2D eigenvalue weighted by Gasteiger charge is 2.18. The van der Waals surface area contributed by atoms with E-state index in [0.29, 0.717) is 6.04 Å². The van der Waals surface area contributed by atoms with E-state index >= 15 is 0 Å². The second-order valence-corrected chi connectivity index (χ2v) is 5.44. The van der Waals surface area contributed by atoms with E-state index in [2.05, 4.69) is 32.8 Å². The summed E-state index contributed by atoms with van der Waals surface area (Å²) in [5, 5.41) is 0. The largest absolute Gasteiger partial charge is 0.356 e. The molecule has 0 unspecified atom stereocenters. The van der Waals surface area contributed by atoms with Crippen LogP contribution < -0.4 is 10.6 Å². The lowest BCUT2D eigenvalue weighted by Gasteiger charge is -2.31. The second kappa shape index (κ2) is 6.18. The standard InChI is InChI=1S/C16H21N5/c1-2-15-19-14(12-3-7-18-8-4-12)11-16(20-15)21-9-5-13(17)6-10-21/h3-4,7-8,11,13H,2,5-6,9-10,17H2,1H3. The molecule has 2 N–H and O–H groups in total. The third kappa shape index (κ3) is 3.19. The zero-order valence-electron chi connectivity index (χ0n) is 12.4. The average molecular weight is 283 g/mol. The Morgan fingerprint density at radius 3 is 2.57 bits per heavy atom. The van der Waals surface area contributed by atoms with Gasteiger partial charge in [0.05, 0.1) is 5.69 Å². The monoisotopic (exact) mass is 283 g/mol. The molecule has 0 radical (unpaired) electrons. The molecule has 0 amide bonds. The van der Waals surface area contributed by atoms with Crippen LogP contribution in [0.1, 0.15) is 25.6 Å². The minimum atomic E-state index is 0.327. The molecule has 2 aromatic rings. The summed E-state index contributed by atoms with van der Waals surface area (Å²) in [6.45, 7) is 4.02. The predicted octanol–water partition coefficient (Wildman–Crippen LogP) is 2.03. The molecule has 0 aromatic carbocycles. The number of rotatable bonds is 3.